The monoisotopic (exact) mass is 699 g/mol. The number of thiol groups is 1. The van der Waals surface area contributed by atoms with Gasteiger partial charge in [-0.2, -0.15) is 12.6 Å². The Hall–Kier alpha value is -2.49. The van der Waals surface area contributed by atoms with E-state index < -0.39 is 0 Å². The van der Waals surface area contributed by atoms with Crippen LogP contribution < -0.4 is 5.32 Å². The topological polar surface area (TPSA) is 12.0 Å². The van der Waals surface area contributed by atoms with Crippen molar-refractivity contribution in [1.82, 2.24) is 0 Å². The maximum atomic E-state index is 3.53. The minimum Gasteiger partial charge on any atom is -0.388 e. The maximum Gasteiger partial charge on any atom is 0.102 e. The van der Waals surface area contributed by atoms with Gasteiger partial charge < -0.3 is 14.3 Å². The van der Waals surface area contributed by atoms with Gasteiger partial charge in [-0.05, 0) is 38.4 Å². The quantitative estimate of drug-likeness (QED) is 0.243. The van der Waals surface area contributed by atoms with Gasteiger partial charge in [-0.1, -0.05) is 42.0 Å². The number of anilines is 1. The van der Waals surface area contributed by atoms with Crippen molar-refractivity contribution in [2.75, 3.05) is 58.9 Å². The van der Waals surface area contributed by atoms with Gasteiger partial charge in [0.05, 0.1) is 14.1 Å². The first-order valence-electron chi connectivity index (χ1n) is 11.5. The molecule has 2 heterocycles. The Morgan fingerprint density at radius 3 is 1.53 bits per heavy atom. The molecule has 32 heavy (non-hydrogen) atoms. The first-order valence-corrected chi connectivity index (χ1v) is 12.4. The molecule has 0 spiro atoms. The van der Waals surface area contributed by atoms with Crippen LogP contribution in [0.15, 0.2) is 48.5 Å². The molecule has 2 saturated heterocycles. The summed E-state index contributed by atoms with van der Waals surface area (Å²) in [5, 5.41) is 3.15. The van der Waals surface area contributed by atoms with Crippen LogP contribution in [-0.4, -0.2) is 62.5 Å². The molecular formula is C27H43MdN3S. The maximum absolute atomic E-state index is 3.53. The number of nitrogens with one attached hydrogen (secondary N) is 1. The van der Waals surface area contributed by atoms with E-state index >= 15 is 0 Å². The molecule has 4 rings (SSSR count). The Bertz CT molecular complexity index is 749. The third-order valence-corrected chi connectivity index (χ3v) is 6.38. The number of nitrogens with zero attached hydrogens (tertiary/aromatic N) is 2. The standard InChI is InChI=1S/C13H20N2.C13H19N.CH4S.Md/c1-14-13-7-5-12(6-8-13)11-15(2)9-3-4-10-15;1-12-5-7-13(8-6-12)11-14(2)9-3-4-10-14;1-2;/h3,5-8,14H,4,9-11H2,1-2H3;3,5-8H,4,9-11H2,1-2H3;2H,1H3;. The predicted octanol–water partition coefficient (Wildman–Crippen LogP) is 5.38. The molecule has 2 atom stereocenters. The summed E-state index contributed by atoms with van der Waals surface area (Å²) in [6, 6.07) is 17.7. The van der Waals surface area contributed by atoms with E-state index in [0.717, 1.165) is 6.54 Å². The fourth-order valence-electron chi connectivity index (χ4n) is 4.43. The van der Waals surface area contributed by atoms with Crippen molar-refractivity contribution in [2.24, 2.45) is 0 Å². The molecule has 5 heteroatoms. The Labute approximate surface area is 197 Å². The van der Waals surface area contributed by atoms with Crippen LogP contribution >= 0.6 is 12.6 Å². The Balaban J connectivity index is 0.000000289. The van der Waals surface area contributed by atoms with Crippen LogP contribution in [-0.2, 0) is 13.1 Å². The second-order valence-corrected chi connectivity index (χ2v) is 9.45. The molecule has 2 aliphatic rings. The average Bonchev–Trinajstić information content (AvgIpc) is 3.41. The van der Waals surface area contributed by atoms with E-state index in [1.54, 1.807) is 6.26 Å². The second-order valence-electron chi connectivity index (χ2n) is 9.45. The second kappa shape index (κ2) is 13.1. The summed E-state index contributed by atoms with van der Waals surface area (Å²) >= 11 is 3.53. The minimum absolute atomic E-state index is 0. The number of hydrogen-bond acceptors (Lipinski definition) is 2. The van der Waals surface area contributed by atoms with Crippen molar-refractivity contribution in [1.29, 1.82) is 0 Å². The number of likely N-dealkylation sites (tertiary alicyclic amines) is 2. The minimum atomic E-state index is 0. The number of quaternary nitrogens is 2. The van der Waals surface area contributed by atoms with Gasteiger partial charge in [0, 0.05) is 37.0 Å². The number of benzene rings is 2. The van der Waals surface area contributed by atoms with Crippen LogP contribution in [0.1, 0.15) is 29.5 Å². The van der Waals surface area contributed by atoms with Crippen molar-refractivity contribution < 1.29 is 8.97 Å². The molecule has 185 valence electrons. The number of hydrogen-bond donors (Lipinski definition) is 2. The fourth-order valence-corrected chi connectivity index (χ4v) is 4.43. The summed E-state index contributed by atoms with van der Waals surface area (Å²) in [5.41, 5.74) is 5.44. The van der Waals surface area contributed by atoms with Crippen LogP contribution in [0.5, 0.6) is 0 Å². The molecule has 2 aromatic carbocycles. The molecule has 0 bridgehead atoms. The van der Waals surface area contributed by atoms with E-state index in [1.807, 2.05) is 7.05 Å². The van der Waals surface area contributed by atoms with Gasteiger partial charge >= 0.3 is 0 Å². The third-order valence-electron chi connectivity index (χ3n) is 6.38. The van der Waals surface area contributed by atoms with Crippen LogP contribution in [0.4, 0.5) is 5.69 Å². The normalized spacial score (nSPS) is 23.8. The molecule has 2 fully saturated rings. The molecular weight excluding hydrogens is 656 g/mol. The van der Waals surface area contributed by atoms with Gasteiger partial charge in [-0.15, -0.1) is 12.8 Å². The first kappa shape index (κ1) is 27.5. The molecule has 1 N–H and O–H groups in total. The molecule has 2 aromatic rings. The Morgan fingerprint density at radius 1 is 0.781 bits per heavy atom. The molecule has 1 radical (unpaired) electrons. The van der Waals surface area contributed by atoms with Gasteiger partial charge in [0.25, 0.3) is 0 Å². The van der Waals surface area contributed by atoms with Crippen molar-refractivity contribution in [3.63, 3.8) is 0 Å². The molecule has 0 saturated carbocycles. The van der Waals surface area contributed by atoms with Crippen molar-refractivity contribution in [2.45, 2.75) is 32.9 Å². The van der Waals surface area contributed by atoms with Gasteiger partial charge in [0.15, 0.2) is 0 Å². The summed E-state index contributed by atoms with van der Waals surface area (Å²) in [4.78, 5) is 0. The zero-order valence-electron chi connectivity index (χ0n) is 20.5. The van der Waals surface area contributed by atoms with E-state index in [9.17, 15) is 0 Å². The molecule has 0 aliphatic carbocycles. The van der Waals surface area contributed by atoms with Crippen LogP contribution in [0, 0.1) is 19.8 Å². The van der Waals surface area contributed by atoms with Crippen LogP contribution in [0.25, 0.3) is 0 Å². The predicted molar refractivity (Wildman–Crippen MR) is 139 cm³/mol. The number of rotatable bonds is 5. The smallest absolute Gasteiger partial charge is 0.102 e. The largest absolute Gasteiger partial charge is 0.388 e. The number of aryl methyl sites for hydroxylation is 1. The molecule has 0 amide bonds. The SMILES string of the molecule is CNc1ccc(C[N+]2(C)C[CH-]CC2)cc1.CS.Cc1ccc(C[N+]2(C)C[CH-]CC2)cc1.[Md]. The van der Waals surface area contributed by atoms with E-state index in [-0.39, 0.29) is 0 Å². The van der Waals surface area contributed by atoms with Crippen LogP contribution in [0.3, 0.4) is 0 Å². The summed E-state index contributed by atoms with van der Waals surface area (Å²) in [7, 11) is 6.65. The third kappa shape index (κ3) is 8.57. The summed E-state index contributed by atoms with van der Waals surface area (Å²) in [6.07, 6.45) is 9.06. The van der Waals surface area contributed by atoms with E-state index in [1.165, 1.54) is 76.9 Å². The molecule has 2 aliphatic heterocycles. The first-order chi connectivity index (χ1) is 14.9. The zero-order valence-corrected chi connectivity index (χ0v) is 23.8. The van der Waals surface area contributed by atoms with Gasteiger partial charge in [-0.3, -0.25) is 12.8 Å². The van der Waals surface area contributed by atoms with Gasteiger partial charge in [0.2, 0.25) is 0 Å². The molecule has 0 aromatic heterocycles. The van der Waals surface area contributed by atoms with Gasteiger partial charge in [-0.25, -0.2) is 0 Å². The zero-order chi connectivity index (χ0) is 22.7. The summed E-state index contributed by atoms with van der Waals surface area (Å²) in [5.74, 6) is 0. The van der Waals surface area contributed by atoms with Crippen molar-refractivity contribution in [3.8, 4) is 0 Å². The fraction of sp³-hybridized carbons (Fsp3) is 0.481. The summed E-state index contributed by atoms with van der Waals surface area (Å²) in [6.45, 7) is 9.50. The Morgan fingerprint density at radius 2 is 1.19 bits per heavy atom. The molecule has 2 unspecified atom stereocenters. The van der Waals surface area contributed by atoms with Crippen LogP contribution in [0.2, 0.25) is 0 Å². The molecule has 3 nitrogen and oxygen atoms in total. The van der Waals surface area contributed by atoms with E-state index in [0.29, 0.717) is 0 Å². The van der Waals surface area contributed by atoms with Gasteiger partial charge in [0.1, 0.15) is 13.1 Å². The van der Waals surface area contributed by atoms with Crippen molar-refractivity contribution in [3.05, 3.63) is 78.1 Å². The van der Waals surface area contributed by atoms with Crippen molar-refractivity contribution >= 4 is 18.3 Å². The van der Waals surface area contributed by atoms with E-state index in [4.69, 9.17) is 0 Å². The average molecular weight is 700 g/mol. The summed E-state index contributed by atoms with van der Waals surface area (Å²) < 4.78 is 2.35. The Kier molecular flexibility index (Phi) is 11.3. The van der Waals surface area contributed by atoms with E-state index in [2.05, 4.69) is 100 Å².